The maximum atomic E-state index is 12.3. The van der Waals surface area contributed by atoms with Gasteiger partial charge in [0.25, 0.3) is 11.8 Å². The van der Waals surface area contributed by atoms with E-state index in [4.69, 9.17) is 16.3 Å². The lowest BCUT2D eigenvalue weighted by Crippen LogP contribution is -2.43. The van der Waals surface area contributed by atoms with E-state index in [1.54, 1.807) is 30.3 Å². The molecule has 1 aliphatic rings. The molecule has 1 fully saturated rings. The van der Waals surface area contributed by atoms with E-state index in [0.29, 0.717) is 5.69 Å². The van der Waals surface area contributed by atoms with E-state index in [9.17, 15) is 19.2 Å². The molecule has 2 N–H and O–H groups in total. The number of hydrazine groups is 1. The summed E-state index contributed by atoms with van der Waals surface area (Å²) >= 11 is 5.99. The van der Waals surface area contributed by atoms with Crippen molar-refractivity contribution >= 4 is 41.0 Å². The molecule has 2 aromatic rings. The van der Waals surface area contributed by atoms with Gasteiger partial charge in [-0.1, -0.05) is 48.9 Å². The van der Waals surface area contributed by atoms with Gasteiger partial charge in [-0.2, -0.15) is 0 Å². The van der Waals surface area contributed by atoms with Gasteiger partial charge < -0.3 is 10.1 Å². The Labute approximate surface area is 184 Å². The summed E-state index contributed by atoms with van der Waals surface area (Å²) in [5.74, 6) is -2.91. The number of carbonyl (C=O) groups excluding carboxylic acids is 4. The first-order valence-electron chi connectivity index (χ1n) is 9.79. The number of benzene rings is 2. The Balaban J connectivity index is 1.50. The molecule has 0 saturated carbocycles. The molecule has 0 spiro atoms. The Morgan fingerprint density at radius 2 is 1.84 bits per heavy atom. The first-order valence-corrected chi connectivity index (χ1v) is 10.2. The summed E-state index contributed by atoms with van der Waals surface area (Å²) in [6, 6.07) is 13.8. The topological polar surface area (TPSA) is 105 Å². The third kappa shape index (κ3) is 5.61. The summed E-state index contributed by atoms with van der Waals surface area (Å²) in [5, 5.41) is 4.02. The molecule has 0 unspecified atom stereocenters. The number of ether oxygens (including phenoxy) is 1. The average molecular weight is 444 g/mol. The molecule has 1 aliphatic heterocycles. The Bertz CT molecular complexity index is 1010. The predicted octanol–water partition coefficient (Wildman–Crippen LogP) is 2.58. The number of para-hydroxylation sites is 1. The first-order chi connectivity index (χ1) is 14.9. The second-order valence-electron chi connectivity index (χ2n) is 6.99. The number of esters is 1. The van der Waals surface area contributed by atoms with E-state index in [0.717, 1.165) is 17.0 Å². The fourth-order valence-electron chi connectivity index (χ4n) is 3.19. The highest BCUT2D eigenvalue weighted by Gasteiger charge is 2.37. The zero-order valence-electron chi connectivity index (χ0n) is 16.9. The predicted molar refractivity (Wildman–Crippen MR) is 114 cm³/mol. The van der Waals surface area contributed by atoms with E-state index < -0.39 is 36.2 Å². The van der Waals surface area contributed by atoms with Crippen LogP contribution in [0.25, 0.3) is 0 Å². The number of carbonyl (C=O) groups is 4. The fourth-order valence-corrected chi connectivity index (χ4v) is 3.41. The van der Waals surface area contributed by atoms with E-state index in [1.807, 2.05) is 19.1 Å². The minimum Gasteiger partial charge on any atom is -0.455 e. The van der Waals surface area contributed by atoms with Crippen LogP contribution in [0.3, 0.4) is 0 Å². The molecule has 9 heteroatoms. The minimum atomic E-state index is -0.783. The van der Waals surface area contributed by atoms with Gasteiger partial charge in [0.15, 0.2) is 6.61 Å². The van der Waals surface area contributed by atoms with Crippen LogP contribution in [0.1, 0.15) is 29.3 Å². The number of hydrogen-bond donors (Lipinski definition) is 2. The monoisotopic (exact) mass is 443 g/mol. The van der Waals surface area contributed by atoms with Crippen molar-refractivity contribution in [1.82, 2.24) is 10.4 Å². The van der Waals surface area contributed by atoms with Crippen molar-refractivity contribution in [3.8, 4) is 0 Å². The number of amides is 3. The lowest BCUT2D eigenvalue weighted by atomic mass is 10.1. The van der Waals surface area contributed by atoms with Crippen LogP contribution in [0.15, 0.2) is 48.5 Å². The maximum Gasteiger partial charge on any atom is 0.311 e. The summed E-state index contributed by atoms with van der Waals surface area (Å²) in [5.41, 5.74) is 4.30. The van der Waals surface area contributed by atoms with E-state index in [1.165, 1.54) is 6.07 Å². The highest BCUT2D eigenvalue weighted by Crippen LogP contribution is 2.20. The summed E-state index contributed by atoms with van der Waals surface area (Å²) in [6.07, 6.45) is 0.623. The molecular weight excluding hydrogens is 422 g/mol. The molecule has 0 aliphatic carbocycles. The number of halogens is 1. The molecule has 0 aromatic heterocycles. The van der Waals surface area contributed by atoms with Crippen LogP contribution in [0.4, 0.5) is 5.69 Å². The summed E-state index contributed by atoms with van der Waals surface area (Å²) < 4.78 is 5.08. The van der Waals surface area contributed by atoms with Crippen LogP contribution >= 0.6 is 11.6 Å². The first kappa shape index (κ1) is 22.3. The van der Waals surface area contributed by atoms with Crippen molar-refractivity contribution in [3.63, 3.8) is 0 Å². The highest BCUT2D eigenvalue weighted by atomic mass is 35.5. The SMILES string of the molecule is CCc1ccccc1NC(=O)COC(=O)[C@@H]1CC(=O)N(NC(=O)c2ccccc2Cl)C1. The van der Waals surface area contributed by atoms with Crippen molar-refractivity contribution in [2.24, 2.45) is 5.92 Å². The number of nitrogens with one attached hydrogen (secondary N) is 2. The lowest BCUT2D eigenvalue weighted by molar-refractivity contribution is -0.151. The molecule has 2 aromatic carbocycles. The molecule has 162 valence electrons. The summed E-state index contributed by atoms with van der Waals surface area (Å²) in [7, 11) is 0. The van der Waals surface area contributed by atoms with Gasteiger partial charge >= 0.3 is 5.97 Å². The second-order valence-corrected chi connectivity index (χ2v) is 7.40. The van der Waals surface area contributed by atoms with Gasteiger partial charge in [-0.15, -0.1) is 0 Å². The van der Waals surface area contributed by atoms with Gasteiger partial charge in [-0.3, -0.25) is 29.6 Å². The van der Waals surface area contributed by atoms with Gasteiger partial charge in [0.2, 0.25) is 5.91 Å². The van der Waals surface area contributed by atoms with Gasteiger partial charge in [0.1, 0.15) is 0 Å². The van der Waals surface area contributed by atoms with Crippen LogP contribution in [-0.2, 0) is 25.5 Å². The van der Waals surface area contributed by atoms with Crippen LogP contribution < -0.4 is 10.7 Å². The highest BCUT2D eigenvalue weighted by molar-refractivity contribution is 6.33. The number of aryl methyl sites for hydroxylation is 1. The van der Waals surface area contributed by atoms with E-state index >= 15 is 0 Å². The number of rotatable bonds is 7. The number of anilines is 1. The Morgan fingerprint density at radius 3 is 2.58 bits per heavy atom. The largest absolute Gasteiger partial charge is 0.455 e. The molecule has 1 atom stereocenters. The Kier molecular flexibility index (Phi) is 7.25. The number of nitrogens with zero attached hydrogens (tertiary/aromatic N) is 1. The van der Waals surface area contributed by atoms with Gasteiger partial charge in [-0.05, 0) is 30.2 Å². The van der Waals surface area contributed by atoms with Crippen LogP contribution in [0, 0.1) is 5.92 Å². The molecule has 3 rings (SSSR count). The minimum absolute atomic E-state index is 0.0475. The maximum absolute atomic E-state index is 12.3. The zero-order valence-corrected chi connectivity index (χ0v) is 17.6. The summed E-state index contributed by atoms with van der Waals surface area (Å²) in [6.45, 7) is 1.46. The smallest absolute Gasteiger partial charge is 0.311 e. The van der Waals surface area contributed by atoms with E-state index in [2.05, 4.69) is 10.7 Å². The third-order valence-electron chi connectivity index (χ3n) is 4.83. The third-order valence-corrected chi connectivity index (χ3v) is 5.16. The Morgan fingerprint density at radius 1 is 1.13 bits per heavy atom. The van der Waals surface area contributed by atoms with Crippen molar-refractivity contribution in [2.75, 3.05) is 18.5 Å². The molecule has 31 heavy (non-hydrogen) atoms. The van der Waals surface area contributed by atoms with Crippen molar-refractivity contribution in [2.45, 2.75) is 19.8 Å². The fraction of sp³-hybridized carbons (Fsp3) is 0.273. The molecule has 0 bridgehead atoms. The standard InChI is InChI=1S/C22H22ClN3O5/c1-2-14-7-3-6-10-18(14)24-19(27)13-31-22(30)15-11-20(28)26(12-15)25-21(29)16-8-4-5-9-17(16)23/h3-10,15H,2,11-13H2,1H3,(H,24,27)(H,25,29)/t15-/m1/s1. The van der Waals surface area contributed by atoms with E-state index in [-0.39, 0.29) is 23.6 Å². The molecule has 8 nitrogen and oxygen atoms in total. The summed E-state index contributed by atoms with van der Waals surface area (Å²) in [4.78, 5) is 48.9. The molecular formula is C22H22ClN3O5. The van der Waals surface area contributed by atoms with Crippen LogP contribution in [0.5, 0.6) is 0 Å². The van der Waals surface area contributed by atoms with Gasteiger partial charge in [0, 0.05) is 12.1 Å². The van der Waals surface area contributed by atoms with Crippen molar-refractivity contribution in [1.29, 1.82) is 0 Å². The average Bonchev–Trinajstić information content (AvgIpc) is 3.13. The van der Waals surface area contributed by atoms with Crippen molar-refractivity contribution in [3.05, 3.63) is 64.7 Å². The molecule has 1 saturated heterocycles. The van der Waals surface area contributed by atoms with Crippen molar-refractivity contribution < 1.29 is 23.9 Å². The Hall–Kier alpha value is -3.39. The quantitative estimate of drug-likeness (QED) is 0.640. The van der Waals surface area contributed by atoms with Gasteiger partial charge in [-0.25, -0.2) is 0 Å². The lowest BCUT2D eigenvalue weighted by Gasteiger charge is -2.18. The number of hydrogen-bond acceptors (Lipinski definition) is 5. The zero-order chi connectivity index (χ0) is 22.4. The normalized spacial score (nSPS) is 15.5. The molecule has 0 radical (unpaired) electrons. The van der Waals surface area contributed by atoms with Gasteiger partial charge in [0.05, 0.1) is 23.0 Å². The van der Waals surface area contributed by atoms with Crippen LogP contribution in [0.2, 0.25) is 5.02 Å². The molecule has 3 amide bonds. The molecule has 1 heterocycles. The van der Waals surface area contributed by atoms with Crippen LogP contribution in [-0.4, -0.2) is 41.9 Å². The second kappa shape index (κ2) is 10.1.